The highest BCUT2D eigenvalue weighted by atomic mass is 32.2. The molecule has 0 spiro atoms. The van der Waals surface area contributed by atoms with Crippen molar-refractivity contribution < 1.29 is 4.74 Å². The van der Waals surface area contributed by atoms with Crippen LogP contribution in [0.25, 0.3) is 10.9 Å². The summed E-state index contributed by atoms with van der Waals surface area (Å²) in [5.74, 6) is 3.12. The van der Waals surface area contributed by atoms with Crippen molar-refractivity contribution >= 4 is 34.2 Å². The van der Waals surface area contributed by atoms with Gasteiger partial charge in [-0.3, -0.25) is 0 Å². The molecular formula is C22H28N4OS. The Balaban J connectivity index is 1.37. The number of anilines is 2. The standard InChI is InChI=1S/C22H28N4OS/c1-3-17(13-19-4-2-12-28-19)15-26(7-1)22-20-6-5-18(14-21(20)23-16-24-22)25-8-10-27-11-9-25/h4-6,14,16-17H,1-3,7-13,15H2. The van der Waals surface area contributed by atoms with Gasteiger partial charge < -0.3 is 14.5 Å². The van der Waals surface area contributed by atoms with Crippen LogP contribution in [0.15, 0.2) is 35.5 Å². The molecule has 0 radical (unpaired) electrons. The van der Waals surface area contributed by atoms with E-state index in [1.807, 2.05) is 0 Å². The van der Waals surface area contributed by atoms with Crippen molar-refractivity contribution in [1.82, 2.24) is 9.97 Å². The first-order valence-corrected chi connectivity index (χ1v) is 11.5. The SMILES string of the molecule is C1=C(CC2CCCN(c3ncnc4cc(N5CCOCC5)ccc34)C2)SCC1. The third-order valence-electron chi connectivity index (χ3n) is 6.06. The zero-order valence-electron chi connectivity index (χ0n) is 16.3. The van der Waals surface area contributed by atoms with E-state index in [0.717, 1.165) is 56.6 Å². The summed E-state index contributed by atoms with van der Waals surface area (Å²) >= 11 is 2.05. The fourth-order valence-corrected chi connectivity index (χ4v) is 5.71. The molecule has 4 heterocycles. The zero-order chi connectivity index (χ0) is 18.8. The lowest BCUT2D eigenvalue weighted by Crippen LogP contribution is -2.36. The average molecular weight is 397 g/mol. The molecule has 5 rings (SSSR count). The number of rotatable bonds is 4. The lowest BCUT2D eigenvalue weighted by molar-refractivity contribution is 0.122. The van der Waals surface area contributed by atoms with E-state index in [-0.39, 0.29) is 0 Å². The molecule has 28 heavy (non-hydrogen) atoms. The summed E-state index contributed by atoms with van der Waals surface area (Å²) in [6, 6.07) is 6.66. The molecule has 2 fully saturated rings. The van der Waals surface area contributed by atoms with E-state index in [1.165, 1.54) is 42.5 Å². The van der Waals surface area contributed by atoms with Gasteiger partial charge in [-0.25, -0.2) is 9.97 Å². The van der Waals surface area contributed by atoms with Crippen LogP contribution in [0.4, 0.5) is 11.5 Å². The van der Waals surface area contributed by atoms with Crippen LogP contribution in [-0.2, 0) is 4.74 Å². The summed E-state index contributed by atoms with van der Waals surface area (Å²) in [5, 5.41) is 1.18. The lowest BCUT2D eigenvalue weighted by Gasteiger charge is -2.34. The lowest BCUT2D eigenvalue weighted by atomic mass is 9.94. The molecular weight excluding hydrogens is 368 g/mol. The quantitative estimate of drug-likeness (QED) is 0.775. The number of ether oxygens (including phenoxy) is 1. The number of piperidine rings is 1. The molecule has 2 aromatic rings. The minimum absolute atomic E-state index is 0.739. The van der Waals surface area contributed by atoms with Gasteiger partial charge in [-0.2, -0.15) is 0 Å². The number of hydrogen-bond acceptors (Lipinski definition) is 6. The predicted octanol–water partition coefficient (Wildman–Crippen LogP) is 4.09. The topological polar surface area (TPSA) is 41.5 Å². The molecule has 0 N–H and O–H groups in total. The molecule has 0 amide bonds. The Bertz CT molecular complexity index is 865. The van der Waals surface area contributed by atoms with Crippen LogP contribution in [0, 0.1) is 5.92 Å². The molecule has 6 heteroatoms. The van der Waals surface area contributed by atoms with Gasteiger partial charge >= 0.3 is 0 Å². The number of hydrogen-bond donors (Lipinski definition) is 0. The van der Waals surface area contributed by atoms with Gasteiger partial charge in [-0.05, 0) is 54.7 Å². The number of allylic oxidation sites excluding steroid dienone is 2. The highest BCUT2D eigenvalue weighted by molar-refractivity contribution is 8.03. The largest absolute Gasteiger partial charge is 0.378 e. The van der Waals surface area contributed by atoms with Crippen LogP contribution in [0.3, 0.4) is 0 Å². The maximum Gasteiger partial charge on any atom is 0.139 e. The van der Waals surface area contributed by atoms with Gasteiger partial charge in [0.1, 0.15) is 12.1 Å². The predicted molar refractivity (Wildman–Crippen MR) is 117 cm³/mol. The Morgan fingerprint density at radius 1 is 1.11 bits per heavy atom. The summed E-state index contributed by atoms with van der Waals surface area (Å²) in [6.45, 7) is 5.71. The maximum absolute atomic E-state index is 5.49. The molecule has 0 saturated carbocycles. The molecule has 0 bridgehead atoms. The summed E-state index contributed by atoms with van der Waals surface area (Å²) in [6.07, 6.45) is 9.25. The average Bonchev–Trinajstić information content (AvgIpc) is 3.27. The minimum Gasteiger partial charge on any atom is -0.378 e. The number of nitrogens with zero attached hydrogens (tertiary/aromatic N) is 4. The highest BCUT2D eigenvalue weighted by Crippen LogP contribution is 2.35. The van der Waals surface area contributed by atoms with Crippen LogP contribution in [0.2, 0.25) is 0 Å². The van der Waals surface area contributed by atoms with E-state index in [0.29, 0.717) is 0 Å². The smallest absolute Gasteiger partial charge is 0.139 e. The van der Waals surface area contributed by atoms with Crippen molar-refractivity contribution in [3.05, 3.63) is 35.5 Å². The van der Waals surface area contributed by atoms with Gasteiger partial charge in [-0.15, -0.1) is 11.8 Å². The second-order valence-corrected chi connectivity index (χ2v) is 9.19. The first kappa shape index (κ1) is 18.3. The minimum atomic E-state index is 0.739. The van der Waals surface area contributed by atoms with E-state index in [1.54, 1.807) is 11.2 Å². The van der Waals surface area contributed by atoms with Crippen molar-refractivity contribution in [3.63, 3.8) is 0 Å². The first-order valence-electron chi connectivity index (χ1n) is 10.5. The Hall–Kier alpha value is -1.79. The normalized spacial score (nSPS) is 23.3. The molecule has 3 aliphatic heterocycles. The third-order valence-corrected chi connectivity index (χ3v) is 7.20. The van der Waals surface area contributed by atoms with Crippen molar-refractivity contribution in [3.8, 4) is 0 Å². The number of thioether (sulfide) groups is 1. The number of aromatic nitrogens is 2. The van der Waals surface area contributed by atoms with Crippen molar-refractivity contribution in [2.45, 2.75) is 25.7 Å². The van der Waals surface area contributed by atoms with Crippen LogP contribution in [0.1, 0.15) is 25.7 Å². The van der Waals surface area contributed by atoms with E-state index in [2.05, 4.69) is 50.8 Å². The first-order chi connectivity index (χ1) is 13.9. The Morgan fingerprint density at radius 2 is 2.04 bits per heavy atom. The number of fused-ring (bicyclic) bond motifs is 1. The molecule has 1 aromatic heterocycles. The van der Waals surface area contributed by atoms with Gasteiger partial charge in [0, 0.05) is 43.0 Å². The van der Waals surface area contributed by atoms with Crippen LogP contribution < -0.4 is 9.80 Å². The molecule has 1 aromatic carbocycles. The van der Waals surface area contributed by atoms with E-state index >= 15 is 0 Å². The molecule has 1 unspecified atom stereocenters. The van der Waals surface area contributed by atoms with Gasteiger partial charge in [0.2, 0.25) is 0 Å². The van der Waals surface area contributed by atoms with Gasteiger partial charge in [0.05, 0.1) is 18.7 Å². The van der Waals surface area contributed by atoms with E-state index < -0.39 is 0 Å². The van der Waals surface area contributed by atoms with Crippen molar-refractivity contribution in [2.24, 2.45) is 5.92 Å². The van der Waals surface area contributed by atoms with Crippen molar-refractivity contribution in [1.29, 1.82) is 0 Å². The highest BCUT2D eigenvalue weighted by Gasteiger charge is 2.24. The number of morpholine rings is 1. The molecule has 1 atom stereocenters. The summed E-state index contributed by atoms with van der Waals surface area (Å²) in [5.41, 5.74) is 2.28. The van der Waals surface area contributed by atoms with Gasteiger partial charge in [0.15, 0.2) is 0 Å². The van der Waals surface area contributed by atoms with Gasteiger partial charge in [-0.1, -0.05) is 6.08 Å². The molecule has 5 nitrogen and oxygen atoms in total. The summed E-state index contributed by atoms with van der Waals surface area (Å²) < 4.78 is 5.49. The second-order valence-electron chi connectivity index (χ2n) is 7.96. The van der Waals surface area contributed by atoms with Crippen LogP contribution in [0.5, 0.6) is 0 Å². The molecule has 0 aliphatic carbocycles. The summed E-state index contributed by atoms with van der Waals surface area (Å²) in [4.78, 5) is 15.8. The molecule has 3 aliphatic rings. The third kappa shape index (κ3) is 3.85. The monoisotopic (exact) mass is 396 g/mol. The van der Waals surface area contributed by atoms with Crippen LogP contribution in [-0.4, -0.2) is 55.1 Å². The maximum atomic E-state index is 5.49. The van der Waals surface area contributed by atoms with E-state index in [4.69, 9.17) is 9.72 Å². The summed E-state index contributed by atoms with van der Waals surface area (Å²) in [7, 11) is 0. The fraction of sp³-hybridized carbons (Fsp3) is 0.545. The number of benzene rings is 1. The molecule has 2 saturated heterocycles. The Morgan fingerprint density at radius 3 is 2.89 bits per heavy atom. The fourth-order valence-electron chi connectivity index (χ4n) is 4.62. The Labute approximate surface area is 171 Å². The zero-order valence-corrected chi connectivity index (χ0v) is 17.2. The second kappa shape index (κ2) is 8.29. The Kier molecular flexibility index (Phi) is 5.41. The van der Waals surface area contributed by atoms with Crippen molar-refractivity contribution in [2.75, 3.05) is 54.9 Å². The molecule has 148 valence electrons. The van der Waals surface area contributed by atoms with E-state index in [9.17, 15) is 0 Å². The van der Waals surface area contributed by atoms with Crippen LogP contribution >= 0.6 is 11.8 Å². The van der Waals surface area contributed by atoms with Gasteiger partial charge in [0.25, 0.3) is 0 Å².